The summed E-state index contributed by atoms with van der Waals surface area (Å²) in [6, 6.07) is 17.6. The fourth-order valence-electron chi connectivity index (χ4n) is 4.12. The lowest BCUT2D eigenvalue weighted by atomic mass is 10.1. The molecule has 0 saturated heterocycles. The van der Waals surface area contributed by atoms with E-state index in [1.165, 1.54) is 43.2 Å². The number of nitro benzene ring substituents is 1. The number of hydrogen-bond donors (Lipinski definition) is 1. The number of anilines is 1. The molecule has 0 unspecified atom stereocenters. The normalized spacial score (nSPS) is 12.0. The number of rotatable bonds is 12. The molecule has 0 fully saturated rings. The van der Waals surface area contributed by atoms with E-state index in [9.17, 15) is 28.1 Å². The van der Waals surface area contributed by atoms with Gasteiger partial charge in [0, 0.05) is 24.2 Å². The Labute approximate surface area is 239 Å². The highest BCUT2D eigenvalue weighted by Gasteiger charge is 2.33. The minimum atomic E-state index is -4.47. The van der Waals surface area contributed by atoms with Crippen molar-refractivity contribution < 1.29 is 27.7 Å². The maximum Gasteiger partial charge on any atom is 0.273 e. The fraction of sp³-hybridized carbons (Fsp3) is 0.310. The van der Waals surface area contributed by atoms with Gasteiger partial charge in [0.25, 0.3) is 15.7 Å². The largest absolute Gasteiger partial charge is 0.497 e. The molecule has 0 radical (unpaired) electrons. The first-order chi connectivity index (χ1) is 19.3. The first-order valence-corrected chi connectivity index (χ1v) is 14.3. The zero-order valence-corrected chi connectivity index (χ0v) is 24.4. The van der Waals surface area contributed by atoms with Crippen molar-refractivity contribution in [2.75, 3.05) is 18.0 Å². The summed E-state index contributed by atoms with van der Waals surface area (Å²) in [6.07, 6.45) is 0. The van der Waals surface area contributed by atoms with Crippen LogP contribution in [0.25, 0.3) is 0 Å². The van der Waals surface area contributed by atoms with E-state index in [0.717, 1.165) is 15.9 Å². The van der Waals surface area contributed by atoms with Crippen molar-refractivity contribution in [1.82, 2.24) is 10.2 Å². The van der Waals surface area contributed by atoms with E-state index in [1.54, 1.807) is 57.2 Å². The summed E-state index contributed by atoms with van der Waals surface area (Å²) in [5.74, 6) is -0.563. The molecule has 0 heterocycles. The standard InChI is InChI=1S/C29H34N4O7S/c1-20(2)30-29(35)22(4)31(18-23-9-7-6-8-10-23)28(34)19-32(24-12-14-25(40-5)15-13-24)41(38,39)26-16-11-21(3)27(17-26)33(36)37/h6-17,20,22H,18-19H2,1-5H3,(H,30,35)/t22-/m1/s1. The second-order valence-electron chi connectivity index (χ2n) is 9.76. The van der Waals surface area contributed by atoms with Gasteiger partial charge in [0.1, 0.15) is 18.3 Å². The molecular weight excluding hydrogens is 548 g/mol. The Hall–Kier alpha value is -4.45. The number of methoxy groups -OCH3 is 1. The van der Waals surface area contributed by atoms with Crippen LogP contribution in [-0.4, -0.2) is 55.8 Å². The van der Waals surface area contributed by atoms with Crippen molar-refractivity contribution >= 4 is 33.2 Å². The molecule has 3 aromatic carbocycles. The van der Waals surface area contributed by atoms with Crippen LogP contribution in [0.15, 0.2) is 77.7 Å². The van der Waals surface area contributed by atoms with Gasteiger partial charge in [0.15, 0.2) is 0 Å². The van der Waals surface area contributed by atoms with Crippen LogP contribution in [0.4, 0.5) is 11.4 Å². The molecule has 0 aliphatic rings. The van der Waals surface area contributed by atoms with Gasteiger partial charge >= 0.3 is 0 Å². The van der Waals surface area contributed by atoms with Gasteiger partial charge in [-0.05, 0) is 63.6 Å². The van der Waals surface area contributed by atoms with Gasteiger partial charge in [-0.15, -0.1) is 0 Å². The van der Waals surface area contributed by atoms with E-state index >= 15 is 0 Å². The van der Waals surface area contributed by atoms with Gasteiger partial charge in [0.05, 0.1) is 22.6 Å². The number of benzene rings is 3. The third-order valence-corrected chi connectivity index (χ3v) is 8.17. The number of hydrogen-bond acceptors (Lipinski definition) is 7. The minimum Gasteiger partial charge on any atom is -0.497 e. The molecule has 12 heteroatoms. The van der Waals surface area contributed by atoms with E-state index in [2.05, 4.69) is 5.32 Å². The lowest BCUT2D eigenvalue weighted by Gasteiger charge is -2.32. The van der Waals surface area contributed by atoms with Crippen molar-refractivity contribution in [2.45, 2.75) is 51.2 Å². The lowest BCUT2D eigenvalue weighted by molar-refractivity contribution is -0.385. The van der Waals surface area contributed by atoms with Gasteiger partial charge in [-0.25, -0.2) is 8.42 Å². The first kappa shape index (κ1) is 31.1. The number of sulfonamides is 1. The Balaban J connectivity index is 2.08. The molecule has 3 aromatic rings. The topological polar surface area (TPSA) is 139 Å². The number of carbonyl (C=O) groups excluding carboxylic acids is 2. The van der Waals surface area contributed by atoms with Crippen LogP contribution < -0.4 is 14.4 Å². The monoisotopic (exact) mass is 582 g/mol. The summed E-state index contributed by atoms with van der Waals surface area (Å²) in [5.41, 5.74) is 0.816. The van der Waals surface area contributed by atoms with E-state index < -0.39 is 39.3 Å². The molecule has 3 rings (SSSR count). The number of amides is 2. The molecule has 41 heavy (non-hydrogen) atoms. The Bertz CT molecular complexity index is 1490. The van der Waals surface area contributed by atoms with Crippen LogP contribution in [0.1, 0.15) is 31.9 Å². The minimum absolute atomic E-state index is 0.0544. The van der Waals surface area contributed by atoms with E-state index in [1.807, 2.05) is 6.07 Å². The van der Waals surface area contributed by atoms with Gasteiger partial charge < -0.3 is 15.0 Å². The highest BCUT2D eigenvalue weighted by molar-refractivity contribution is 7.92. The second-order valence-corrected chi connectivity index (χ2v) is 11.6. The zero-order chi connectivity index (χ0) is 30.3. The maximum atomic E-state index is 14.0. The molecular formula is C29H34N4O7S. The molecule has 0 spiro atoms. The molecule has 0 aliphatic carbocycles. The predicted octanol–water partition coefficient (Wildman–Crippen LogP) is 4.05. The van der Waals surface area contributed by atoms with Crippen molar-refractivity contribution in [1.29, 1.82) is 0 Å². The van der Waals surface area contributed by atoms with Gasteiger partial charge in [0.2, 0.25) is 11.8 Å². The second kappa shape index (κ2) is 13.3. The zero-order valence-electron chi connectivity index (χ0n) is 23.6. The fourth-order valence-corrected chi connectivity index (χ4v) is 5.55. The van der Waals surface area contributed by atoms with Crippen LogP contribution in [0, 0.1) is 17.0 Å². The number of nitro groups is 1. The summed E-state index contributed by atoms with van der Waals surface area (Å²) in [7, 11) is -3.01. The average molecular weight is 583 g/mol. The molecule has 1 N–H and O–H groups in total. The number of ether oxygens (including phenoxy) is 1. The van der Waals surface area contributed by atoms with Gasteiger partial charge in [-0.2, -0.15) is 0 Å². The predicted molar refractivity (Wildman–Crippen MR) is 155 cm³/mol. The average Bonchev–Trinajstić information content (AvgIpc) is 2.94. The van der Waals surface area contributed by atoms with Gasteiger partial charge in [-0.3, -0.25) is 24.0 Å². The van der Waals surface area contributed by atoms with E-state index in [0.29, 0.717) is 11.3 Å². The van der Waals surface area contributed by atoms with E-state index in [-0.39, 0.29) is 28.9 Å². The van der Waals surface area contributed by atoms with Crippen LogP contribution in [0.2, 0.25) is 0 Å². The van der Waals surface area contributed by atoms with Crippen LogP contribution in [-0.2, 0) is 26.2 Å². The molecule has 2 amide bonds. The summed E-state index contributed by atoms with van der Waals surface area (Å²) < 4.78 is 34.0. The Kier molecular flexibility index (Phi) is 10.1. The number of nitrogens with zero attached hydrogens (tertiary/aromatic N) is 3. The Morgan fingerprint density at radius 2 is 1.63 bits per heavy atom. The van der Waals surface area contributed by atoms with E-state index in [4.69, 9.17) is 4.74 Å². The summed E-state index contributed by atoms with van der Waals surface area (Å²) in [5, 5.41) is 14.3. The van der Waals surface area contributed by atoms with Crippen molar-refractivity contribution in [3.05, 3.63) is 94.0 Å². The maximum absolute atomic E-state index is 14.0. The Morgan fingerprint density at radius 1 is 1.00 bits per heavy atom. The van der Waals surface area contributed by atoms with Crippen molar-refractivity contribution in [3.63, 3.8) is 0 Å². The number of nitrogens with one attached hydrogen (secondary N) is 1. The SMILES string of the molecule is COc1ccc(N(CC(=O)N(Cc2ccccc2)[C@H](C)C(=O)NC(C)C)S(=O)(=O)c2ccc(C)c([N+](=O)[O-])c2)cc1. The molecule has 218 valence electrons. The van der Waals surface area contributed by atoms with Crippen molar-refractivity contribution in [2.24, 2.45) is 0 Å². The van der Waals surface area contributed by atoms with Crippen LogP contribution >= 0.6 is 0 Å². The molecule has 0 saturated carbocycles. The molecule has 0 aromatic heterocycles. The summed E-state index contributed by atoms with van der Waals surface area (Å²) in [6.45, 7) is 6.07. The number of carbonyl (C=O) groups is 2. The molecule has 0 bridgehead atoms. The third-order valence-electron chi connectivity index (χ3n) is 6.40. The van der Waals surface area contributed by atoms with Crippen LogP contribution in [0.3, 0.4) is 0 Å². The molecule has 1 atom stereocenters. The van der Waals surface area contributed by atoms with Crippen molar-refractivity contribution in [3.8, 4) is 5.75 Å². The molecule has 0 aliphatic heterocycles. The smallest absolute Gasteiger partial charge is 0.273 e. The molecule has 11 nitrogen and oxygen atoms in total. The van der Waals surface area contributed by atoms with Gasteiger partial charge in [-0.1, -0.05) is 36.4 Å². The first-order valence-electron chi connectivity index (χ1n) is 12.9. The van der Waals surface area contributed by atoms with Crippen LogP contribution in [0.5, 0.6) is 5.75 Å². The third kappa shape index (κ3) is 7.60. The number of aryl methyl sites for hydroxylation is 1. The highest BCUT2D eigenvalue weighted by Crippen LogP contribution is 2.29. The summed E-state index contributed by atoms with van der Waals surface area (Å²) >= 11 is 0. The lowest BCUT2D eigenvalue weighted by Crippen LogP contribution is -2.52. The summed E-state index contributed by atoms with van der Waals surface area (Å²) in [4.78, 5) is 38.7. The quantitative estimate of drug-likeness (QED) is 0.251. The highest BCUT2D eigenvalue weighted by atomic mass is 32.2. The Morgan fingerprint density at radius 3 is 2.20 bits per heavy atom.